The molecular weight excluding hydrogens is 302 g/mol. The predicted molar refractivity (Wildman–Crippen MR) is 94.7 cm³/mol. The zero-order valence-electron chi connectivity index (χ0n) is 14.0. The Hall–Kier alpha value is -2.82. The number of nitrogens with zero attached hydrogens (tertiary/aromatic N) is 3. The first kappa shape index (κ1) is 16.1. The molecule has 124 valence electrons. The maximum absolute atomic E-state index is 12.4. The standard InChI is InChI=1S/C19H21N3O2/c1-20(14-15-8-4-3-5-9-15)18(23)12-13-22-17-11-7-6-10-16(17)21(2)19(22)24/h3-11H,12-14H2,1-2H3. The van der Waals surface area contributed by atoms with Gasteiger partial charge in [0.2, 0.25) is 5.91 Å². The monoisotopic (exact) mass is 323 g/mol. The van der Waals surface area contributed by atoms with Crippen molar-refractivity contribution < 1.29 is 4.79 Å². The largest absolute Gasteiger partial charge is 0.341 e. The van der Waals surface area contributed by atoms with Crippen LogP contribution < -0.4 is 5.69 Å². The van der Waals surface area contributed by atoms with Crippen molar-refractivity contribution in [3.63, 3.8) is 0 Å². The number of benzene rings is 2. The fourth-order valence-corrected chi connectivity index (χ4v) is 2.92. The van der Waals surface area contributed by atoms with Gasteiger partial charge in [-0.05, 0) is 17.7 Å². The molecule has 0 aliphatic heterocycles. The fraction of sp³-hybridized carbons (Fsp3) is 0.263. The zero-order valence-corrected chi connectivity index (χ0v) is 14.0. The Labute approximate surface area is 140 Å². The van der Waals surface area contributed by atoms with Crippen molar-refractivity contribution in [1.29, 1.82) is 0 Å². The second kappa shape index (κ2) is 6.74. The van der Waals surface area contributed by atoms with Gasteiger partial charge in [0.25, 0.3) is 0 Å². The summed E-state index contributed by atoms with van der Waals surface area (Å²) in [5, 5.41) is 0. The molecule has 0 bridgehead atoms. The van der Waals surface area contributed by atoms with Gasteiger partial charge in [0.15, 0.2) is 0 Å². The quantitative estimate of drug-likeness (QED) is 0.724. The van der Waals surface area contributed by atoms with E-state index in [1.165, 1.54) is 0 Å². The second-order valence-electron chi connectivity index (χ2n) is 5.97. The summed E-state index contributed by atoms with van der Waals surface area (Å²) in [6, 6.07) is 17.5. The minimum atomic E-state index is -0.0882. The van der Waals surface area contributed by atoms with Crippen LogP contribution in [0.25, 0.3) is 11.0 Å². The van der Waals surface area contributed by atoms with E-state index in [0.29, 0.717) is 19.5 Å². The van der Waals surface area contributed by atoms with Crippen molar-refractivity contribution >= 4 is 16.9 Å². The number of para-hydroxylation sites is 2. The van der Waals surface area contributed by atoms with E-state index in [9.17, 15) is 9.59 Å². The molecule has 2 aromatic carbocycles. The van der Waals surface area contributed by atoms with Gasteiger partial charge in [0, 0.05) is 33.6 Å². The van der Waals surface area contributed by atoms with Gasteiger partial charge in [-0.3, -0.25) is 13.9 Å². The summed E-state index contributed by atoms with van der Waals surface area (Å²) in [6.45, 7) is 0.961. The molecule has 0 unspecified atom stereocenters. The van der Waals surface area contributed by atoms with Gasteiger partial charge in [0.1, 0.15) is 0 Å². The number of aromatic nitrogens is 2. The van der Waals surface area contributed by atoms with Crippen LogP contribution in [0.1, 0.15) is 12.0 Å². The van der Waals surface area contributed by atoms with Crippen LogP contribution in [0, 0.1) is 0 Å². The Morgan fingerprint density at radius 1 is 1.00 bits per heavy atom. The van der Waals surface area contributed by atoms with Crippen LogP contribution in [0.2, 0.25) is 0 Å². The molecule has 3 aromatic rings. The molecular formula is C19H21N3O2. The summed E-state index contributed by atoms with van der Waals surface area (Å²) in [7, 11) is 3.55. The van der Waals surface area contributed by atoms with Crippen LogP contribution in [0.3, 0.4) is 0 Å². The highest BCUT2D eigenvalue weighted by Gasteiger charge is 2.13. The lowest BCUT2D eigenvalue weighted by molar-refractivity contribution is -0.130. The van der Waals surface area contributed by atoms with Crippen molar-refractivity contribution in [2.45, 2.75) is 19.5 Å². The summed E-state index contributed by atoms with van der Waals surface area (Å²) in [4.78, 5) is 26.4. The van der Waals surface area contributed by atoms with Crippen LogP contribution in [0.5, 0.6) is 0 Å². The second-order valence-corrected chi connectivity index (χ2v) is 5.97. The number of carbonyl (C=O) groups excluding carboxylic acids is 1. The summed E-state index contributed by atoms with van der Waals surface area (Å²) in [5.74, 6) is 0.0266. The number of fused-ring (bicyclic) bond motifs is 1. The van der Waals surface area contributed by atoms with E-state index in [4.69, 9.17) is 0 Å². The molecule has 0 fully saturated rings. The van der Waals surface area contributed by atoms with E-state index in [1.807, 2.05) is 54.6 Å². The normalized spacial score (nSPS) is 10.9. The molecule has 3 rings (SSSR count). The third-order valence-electron chi connectivity index (χ3n) is 4.29. The molecule has 0 radical (unpaired) electrons. The average Bonchev–Trinajstić information content (AvgIpc) is 2.85. The molecule has 0 saturated carbocycles. The van der Waals surface area contributed by atoms with E-state index in [-0.39, 0.29) is 11.6 Å². The number of rotatable bonds is 5. The van der Waals surface area contributed by atoms with Gasteiger partial charge >= 0.3 is 5.69 Å². The van der Waals surface area contributed by atoms with E-state index in [2.05, 4.69) is 0 Å². The van der Waals surface area contributed by atoms with Crippen molar-refractivity contribution in [2.75, 3.05) is 7.05 Å². The first-order chi connectivity index (χ1) is 11.6. The lowest BCUT2D eigenvalue weighted by atomic mass is 10.2. The molecule has 1 aromatic heterocycles. The SMILES string of the molecule is CN(Cc1ccccc1)C(=O)CCn1c(=O)n(C)c2ccccc21. The van der Waals surface area contributed by atoms with Crippen molar-refractivity contribution in [3.05, 3.63) is 70.6 Å². The Morgan fingerprint density at radius 3 is 2.33 bits per heavy atom. The van der Waals surface area contributed by atoms with E-state index in [0.717, 1.165) is 16.6 Å². The molecule has 5 heteroatoms. The zero-order chi connectivity index (χ0) is 17.1. The van der Waals surface area contributed by atoms with E-state index in [1.54, 1.807) is 28.1 Å². The molecule has 0 N–H and O–H groups in total. The number of imidazole rings is 1. The van der Waals surface area contributed by atoms with Gasteiger partial charge < -0.3 is 4.90 Å². The smallest absolute Gasteiger partial charge is 0.328 e. The molecule has 0 aliphatic rings. The molecule has 24 heavy (non-hydrogen) atoms. The van der Waals surface area contributed by atoms with Gasteiger partial charge in [-0.15, -0.1) is 0 Å². The van der Waals surface area contributed by atoms with Crippen LogP contribution in [-0.2, 0) is 24.9 Å². The summed E-state index contributed by atoms with van der Waals surface area (Å²) in [6.07, 6.45) is 0.303. The van der Waals surface area contributed by atoms with Crippen LogP contribution in [0.15, 0.2) is 59.4 Å². The molecule has 5 nitrogen and oxygen atoms in total. The molecule has 1 heterocycles. The highest BCUT2D eigenvalue weighted by molar-refractivity contribution is 5.77. The van der Waals surface area contributed by atoms with Crippen LogP contribution in [-0.4, -0.2) is 27.0 Å². The van der Waals surface area contributed by atoms with Gasteiger partial charge in [-0.25, -0.2) is 4.79 Å². The van der Waals surface area contributed by atoms with E-state index >= 15 is 0 Å². The third-order valence-corrected chi connectivity index (χ3v) is 4.29. The maximum atomic E-state index is 12.4. The predicted octanol–water partition coefficient (Wildman–Crippen LogP) is 2.39. The molecule has 0 spiro atoms. The first-order valence-electron chi connectivity index (χ1n) is 8.00. The van der Waals surface area contributed by atoms with Crippen LogP contribution in [0.4, 0.5) is 0 Å². The van der Waals surface area contributed by atoms with Gasteiger partial charge in [0.05, 0.1) is 11.0 Å². The lowest BCUT2D eigenvalue weighted by Gasteiger charge is -2.17. The minimum Gasteiger partial charge on any atom is -0.341 e. The molecule has 0 aliphatic carbocycles. The number of hydrogen-bond donors (Lipinski definition) is 0. The van der Waals surface area contributed by atoms with Crippen molar-refractivity contribution in [3.8, 4) is 0 Å². The average molecular weight is 323 g/mol. The number of carbonyl (C=O) groups is 1. The van der Waals surface area contributed by atoms with Crippen LogP contribution >= 0.6 is 0 Å². The summed E-state index contributed by atoms with van der Waals surface area (Å²) >= 11 is 0. The van der Waals surface area contributed by atoms with Crippen molar-refractivity contribution in [2.24, 2.45) is 7.05 Å². The maximum Gasteiger partial charge on any atom is 0.328 e. The minimum absolute atomic E-state index is 0.0266. The van der Waals surface area contributed by atoms with Gasteiger partial charge in [-0.1, -0.05) is 42.5 Å². The van der Waals surface area contributed by atoms with Gasteiger partial charge in [-0.2, -0.15) is 0 Å². The lowest BCUT2D eigenvalue weighted by Crippen LogP contribution is -2.29. The number of hydrogen-bond acceptors (Lipinski definition) is 2. The Kier molecular flexibility index (Phi) is 4.51. The highest BCUT2D eigenvalue weighted by atomic mass is 16.2. The first-order valence-corrected chi connectivity index (χ1v) is 8.00. The fourth-order valence-electron chi connectivity index (χ4n) is 2.92. The third kappa shape index (κ3) is 3.11. The Morgan fingerprint density at radius 2 is 1.62 bits per heavy atom. The molecule has 0 saturated heterocycles. The molecule has 1 amide bonds. The highest BCUT2D eigenvalue weighted by Crippen LogP contribution is 2.12. The number of aryl methyl sites for hydroxylation is 2. The number of amides is 1. The summed E-state index contributed by atoms with van der Waals surface area (Å²) in [5.41, 5.74) is 2.75. The summed E-state index contributed by atoms with van der Waals surface area (Å²) < 4.78 is 3.29. The van der Waals surface area contributed by atoms with Crippen molar-refractivity contribution in [1.82, 2.24) is 14.0 Å². The topological polar surface area (TPSA) is 47.2 Å². The Balaban J connectivity index is 1.71. The molecule has 0 atom stereocenters. The Bertz CT molecular complexity index is 909. The van der Waals surface area contributed by atoms with E-state index < -0.39 is 0 Å².